The molecule has 0 atom stereocenters. The van der Waals surface area contributed by atoms with Crippen molar-refractivity contribution in [3.63, 3.8) is 0 Å². The number of hydrogen-bond donors (Lipinski definition) is 2. The summed E-state index contributed by atoms with van der Waals surface area (Å²) < 4.78 is 0. The Kier molecular flexibility index (Phi) is 410. The van der Waals surface area contributed by atoms with Gasteiger partial charge in [0.05, 0.1) is 23.4 Å². The average molecular weight is 358 g/mol. The van der Waals surface area contributed by atoms with E-state index in [0.29, 0.717) is 0 Å². The Labute approximate surface area is 115 Å². The zero-order valence-electron chi connectivity index (χ0n) is 8.95. The Morgan fingerprint density at radius 1 is 0.632 bits per heavy atom. The first-order valence-corrected chi connectivity index (χ1v) is 2.23. The van der Waals surface area contributed by atoms with Crippen molar-refractivity contribution in [3.05, 3.63) is 30.6 Å². The van der Waals surface area contributed by atoms with Crippen molar-refractivity contribution < 1.29 is 70.3 Å². The zero-order chi connectivity index (χ0) is 10.6. The van der Waals surface area contributed by atoms with Crippen molar-refractivity contribution >= 4 is 0 Å². The Morgan fingerprint density at radius 2 is 0.684 bits per heavy atom. The minimum Gasteiger partial charge on any atom is -0.412 e. The van der Waals surface area contributed by atoms with E-state index in [4.69, 9.17) is 40.9 Å². The van der Waals surface area contributed by atoms with Crippen LogP contribution in [0.2, 0.25) is 0 Å². The number of aliphatic hydroxyl groups excluding tert-OH is 2. The molecule has 0 aromatic carbocycles. The van der Waals surface area contributed by atoms with Crippen LogP contribution in [-0.2, 0) is 17.1 Å². The summed E-state index contributed by atoms with van der Waals surface area (Å²) >= 11 is 0. The van der Waals surface area contributed by atoms with Crippen molar-refractivity contribution in [1.29, 1.82) is 0 Å². The predicted molar refractivity (Wildman–Crippen MR) is 56.6 cm³/mol. The van der Waals surface area contributed by atoms with Crippen molar-refractivity contribution in [2.45, 2.75) is 0 Å². The molecular weight excluding hydrogens is 340 g/mol. The quantitative estimate of drug-likeness (QED) is 0.257. The summed E-state index contributed by atoms with van der Waals surface area (Å²) in [6, 6.07) is 0. The molecule has 0 amide bonds. The SMILES string of the molecule is O.O.O.O.O.O.O=[N+]([O-])[O-].O=[N+]([O-])[O-].OCCO.[Cu+2]. The third kappa shape index (κ3) is 22100. The second-order valence-electron chi connectivity index (χ2n) is 0.894. The van der Waals surface area contributed by atoms with Crippen molar-refractivity contribution in [3.8, 4) is 0 Å². The number of hydrogen-bond acceptors (Lipinski definition) is 8. The molecule has 19 heavy (non-hydrogen) atoms. The predicted octanol–water partition coefficient (Wildman–Crippen LogP) is -6.46. The molecule has 0 fully saturated rings. The van der Waals surface area contributed by atoms with Gasteiger partial charge in [-0.2, -0.15) is 0 Å². The number of aliphatic hydroxyl groups is 2. The molecule has 0 rings (SSSR count). The minimum atomic E-state index is -1.75. The van der Waals surface area contributed by atoms with E-state index in [2.05, 4.69) is 0 Å². The van der Waals surface area contributed by atoms with Gasteiger partial charge in [0.2, 0.25) is 0 Å². The van der Waals surface area contributed by atoms with E-state index >= 15 is 0 Å². The Hall–Kier alpha value is -1.40. The summed E-state index contributed by atoms with van der Waals surface area (Å²) in [6.45, 7) is -0.250. The third-order valence-electron chi connectivity index (χ3n) is 0.1000. The first-order chi connectivity index (χ1) is 5.38. The van der Waals surface area contributed by atoms with Gasteiger partial charge in [0, 0.05) is 0 Å². The molecule has 0 aliphatic rings. The first kappa shape index (κ1) is 84.0. The molecule has 0 unspecified atom stereocenters. The Balaban J connectivity index is -0.00000000675. The topological polar surface area (TPSA) is 362 Å². The molecule has 0 aliphatic heterocycles. The van der Waals surface area contributed by atoms with Gasteiger partial charge in [-0.05, 0) is 0 Å². The van der Waals surface area contributed by atoms with Crippen LogP contribution in [0.25, 0.3) is 0 Å². The zero-order valence-corrected chi connectivity index (χ0v) is 9.90. The van der Waals surface area contributed by atoms with Gasteiger partial charge in [-0.25, -0.2) is 0 Å². The fraction of sp³-hybridized carbons (Fsp3) is 1.00. The van der Waals surface area contributed by atoms with Crippen molar-refractivity contribution in [2.24, 2.45) is 0 Å². The van der Waals surface area contributed by atoms with Crippen LogP contribution in [0.5, 0.6) is 0 Å². The van der Waals surface area contributed by atoms with E-state index in [1.807, 2.05) is 0 Å². The van der Waals surface area contributed by atoms with E-state index < -0.39 is 10.2 Å². The molecule has 0 bridgehead atoms. The molecule has 0 aliphatic carbocycles. The maximum Gasteiger partial charge on any atom is 2.00 e. The van der Waals surface area contributed by atoms with Gasteiger partial charge in [-0.15, -0.1) is 0 Å². The van der Waals surface area contributed by atoms with Crippen LogP contribution in [0.3, 0.4) is 0 Å². The van der Waals surface area contributed by atoms with Gasteiger partial charge < -0.3 is 73.7 Å². The molecule has 0 aromatic heterocycles. The van der Waals surface area contributed by atoms with Gasteiger partial charge in [0.25, 0.3) is 0 Å². The maximum absolute atomic E-state index is 8.25. The molecule has 0 aromatic rings. The fourth-order valence-corrected chi connectivity index (χ4v) is 0. The normalized spacial score (nSPS) is 4.11. The smallest absolute Gasteiger partial charge is 0.412 e. The van der Waals surface area contributed by atoms with Crippen LogP contribution in [0.15, 0.2) is 0 Å². The van der Waals surface area contributed by atoms with Gasteiger partial charge in [0.15, 0.2) is 0 Å². The molecule has 14 N–H and O–H groups in total. The molecule has 17 heteroatoms. The standard InChI is InChI=1S/C2H6O2.Cu.2NO3.6H2O/c3-1-2-4;;2*2-1(3)4;;;;;;/h3-4H,1-2H2;;;;6*1H2/q;+2;2*-1;;;;;;. The molecule has 1 radical (unpaired) electrons. The summed E-state index contributed by atoms with van der Waals surface area (Å²) in [4.78, 5) is 16.5. The molecule has 0 saturated heterocycles. The molecule has 0 heterocycles. The molecule has 0 saturated carbocycles. The Bertz CT molecular complexity index is 100. The monoisotopic (exact) mass is 357 g/mol. The van der Waals surface area contributed by atoms with Crippen LogP contribution in [0, 0.1) is 30.6 Å². The maximum atomic E-state index is 8.25. The van der Waals surface area contributed by atoms with E-state index in [0.717, 1.165) is 0 Å². The summed E-state index contributed by atoms with van der Waals surface area (Å²) in [6.07, 6.45) is 0. The summed E-state index contributed by atoms with van der Waals surface area (Å²) in [7, 11) is 0. The number of nitrogens with zero attached hydrogens (tertiary/aromatic N) is 2. The van der Waals surface area contributed by atoms with Crippen molar-refractivity contribution in [1.82, 2.24) is 0 Å². The Morgan fingerprint density at radius 3 is 0.684 bits per heavy atom. The molecule has 0 spiro atoms. The molecule has 131 valence electrons. The van der Waals surface area contributed by atoms with E-state index in [1.165, 1.54) is 0 Å². The van der Waals surface area contributed by atoms with Gasteiger partial charge in [-0.1, -0.05) is 0 Å². The van der Waals surface area contributed by atoms with Crippen LogP contribution < -0.4 is 0 Å². The summed E-state index contributed by atoms with van der Waals surface area (Å²) in [5.41, 5.74) is 0. The van der Waals surface area contributed by atoms with Gasteiger partial charge >= 0.3 is 17.1 Å². The molecular formula is C2H18CuN2O14. The molecule has 16 nitrogen and oxygen atoms in total. The summed E-state index contributed by atoms with van der Waals surface area (Å²) in [5.74, 6) is 0. The van der Waals surface area contributed by atoms with Crippen LogP contribution in [0.4, 0.5) is 0 Å². The van der Waals surface area contributed by atoms with Gasteiger partial charge in [-0.3, -0.25) is 0 Å². The van der Waals surface area contributed by atoms with Crippen LogP contribution in [0.1, 0.15) is 0 Å². The average Bonchev–Trinajstić information content (AvgIpc) is 1.85. The van der Waals surface area contributed by atoms with Crippen LogP contribution >= 0.6 is 0 Å². The van der Waals surface area contributed by atoms with Gasteiger partial charge in [0.1, 0.15) is 0 Å². The van der Waals surface area contributed by atoms with Crippen molar-refractivity contribution in [2.75, 3.05) is 13.2 Å². The second-order valence-corrected chi connectivity index (χ2v) is 0.894. The van der Waals surface area contributed by atoms with E-state index in [9.17, 15) is 0 Å². The third-order valence-corrected chi connectivity index (χ3v) is 0.1000. The largest absolute Gasteiger partial charge is 2.00 e. The second kappa shape index (κ2) is 92.7. The van der Waals surface area contributed by atoms with E-state index in [1.54, 1.807) is 0 Å². The van der Waals surface area contributed by atoms with Crippen LogP contribution in [-0.4, -0.2) is 66.5 Å². The fourth-order valence-electron chi connectivity index (χ4n) is 0. The minimum absolute atomic E-state index is 0. The first-order valence-electron chi connectivity index (χ1n) is 2.23. The van der Waals surface area contributed by atoms with E-state index in [-0.39, 0.29) is 63.1 Å². The summed E-state index contributed by atoms with van der Waals surface area (Å²) in [5, 5.41) is 44.8. The number of rotatable bonds is 1.